The van der Waals surface area contributed by atoms with E-state index >= 15 is 0 Å². The van der Waals surface area contributed by atoms with Gasteiger partial charge in [0.05, 0.1) is 0 Å². The highest BCUT2D eigenvalue weighted by molar-refractivity contribution is 8.19. The Morgan fingerprint density at radius 3 is 2.38 bits per heavy atom. The molecular weight excluding hydrogens is 236 g/mol. The van der Waals surface area contributed by atoms with Crippen molar-refractivity contribution in [2.75, 3.05) is 6.61 Å². The molecule has 16 heavy (non-hydrogen) atoms. The minimum absolute atomic E-state index is 0.277. The zero-order valence-corrected chi connectivity index (χ0v) is 11.3. The summed E-state index contributed by atoms with van der Waals surface area (Å²) in [6, 6.07) is 8.53. The number of rotatable bonds is 6. The Balaban J connectivity index is 1.67. The number of fused-ring (bicyclic) bond motifs is 1. The van der Waals surface area contributed by atoms with Crippen molar-refractivity contribution in [3.8, 4) is 0 Å². The van der Waals surface area contributed by atoms with E-state index in [-0.39, 0.29) is 4.77 Å². The van der Waals surface area contributed by atoms with E-state index in [0.717, 1.165) is 6.61 Å². The topological polar surface area (TPSA) is 9.23 Å². The van der Waals surface area contributed by atoms with Gasteiger partial charge in [-0.3, -0.25) is 0 Å². The number of unbranched alkanes of at least 4 members (excludes halogenated alkanes) is 3. The molecule has 0 unspecified atom stereocenters. The van der Waals surface area contributed by atoms with E-state index in [4.69, 9.17) is 4.74 Å². The van der Waals surface area contributed by atoms with Gasteiger partial charge in [-0.2, -0.15) is 0 Å². The summed E-state index contributed by atoms with van der Waals surface area (Å²) in [5.74, 6) is 0. The average Bonchev–Trinajstić information content (AvgIpc) is 2.71. The second kappa shape index (κ2) is 6.58. The van der Waals surface area contributed by atoms with Gasteiger partial charge in [0.2, 0.25) is 0 Å². The Labute approximate surface area is 106 Å². The third kappa shape index (κ3) is 3.44. The van der Waals surface area contributed by atoms with E-state index in [1.807, 2.05) is 23.5 Å². The van der Waals surface area contributed by atoms with E-state index < -0.39 is 0 Å². The zero-order valence-electron chi connectivity index (χ0n) is 9.65. The first-order valence-corrected chi connectivity index (χ1v) is 7.70. The van der Waals surface area contributed by atoms with Crippen LogP contribution in [-0.2, 0) is 4.74 Å². The van der Waals surface area contributed by atoms with Crippen LogP contribution in [0, 0.1) is 0 Å². The van der Waals surface area contributed by atoms with E-state index in [0.29, 0.717) is 0 Å². The van der Waals surface area contributed by atoms with E-state index in [1.54, 1.807) is 0 Å². The van der Waals surface area contributed by atoms with Crippen LogP contribution in [0.2, 0.25) is 0 Å². The highest BCUT2D eigenvalue weighted by atomic mass is 32.2. The lowest BCUT2D eigenvalue weighted by Gasteiger charge is -2.09. The minimum atomic E-state index is 0.277. The van der Waals surface area contributed by atoms with Crippen LogP contribution in [0.15, 0.2) is 34.1 Å². The summed E-state index contributed by atoms with van der Waals surface area (Å²) in [6.45, 7) is 3.14. The molecule has 0 radical (unpaired) electrons. The van der Waals surface area contributed by atoms with Gasteiger partial charge in [0.25, 0.3) is 0 Å². The third-order valence-electron chi connectivity index (χ3n) is 2.55. The van der Waals surface area contributed by atoms with Gasteiger partial charge in [0.1, 0.15) is 0 Å². The molecule has 3 heteroatoms. The highest BCUT2D eigenvalue weighted by Gasteiger charge is 2.22. The average molecular weight is 254 g/mol. The number of hydrogen-bond acceptors (Lipinski definition) is 3. The molecular formula is C13H18OS2. The molecule has 1 aromatic carbocycles. The van der Waals surface area contributed by atoms with Crippen molar-refractivity contribution >= 4 is 23.5 Å². The molecule has 1 aliphatic rings. The molecule has 88 valence electrons. The van der Waals surface area contributed by atoms with Crippen molar-refractivity contribution in [3.63, 3.8) is 0 Å². The maximum absolute atomic E-state index is 5.86. The summed E-state index contributed by atoms with van der Waals surface area (Å²) in [6.07, 6.45) is 5.11. The molecule has 1 aromatic rings. The van der Waals surface area contributed by atoms with Crippen LogP contribution in [0.3, 0.4) is 0 Å². The first-order chi connectivity index (χ1) is 7.90. The van der Waals surface area contributed by atoms with Crippen molar-refractivity contribution < 1.29 is 4.74 Å². The van der Waals surface area contributed by atoms with Crippen LogP contribution in [0.5, 0.6) is 0 Å². The quantitative estimate of drug-likeness (QED) is 0.677. The predicted octanol–water partition coefficient (Wildman–Crippen LogP) is 4.76. The number of benzene rings is 1. The van der Waals surface area contributed by atoms with Crippen LogP contribution in [0.1, 0.15) is 32.6 Å². The molecule has 1 heterocycles. The summed E-state index contributed by atoms with van der Waals surface area (Å²) in [5, 5.41) is 0. The summed E-state index contributed by atoms with van der Waals surface area (Å²) < 4.78 is 6.13. The lowest BCUT2D eigenvalue weighted by atomic mass is 10.2. The zero-order chi connectivity index (χ0) is 11.2. The Kier molecular flexibility index (Phi) is 5.07. The number of hydrogen-bond donors (Lipinski definition) is 0. The molecule has 0 atom stereocenters. The molecule has 0 N–H and O–H groups in total. The second-order valence-electron chi connectivity index (χ2n) is 3.90. The molecule has 1 aliphatic heterocycles. The van der Waals surface area contributed by atoms with Crippen molar-refractivity contribution in [2.24, 2.45) is 0 Å². The molecule has 0 aliphatic carbocycles. The first-order valence-electron chi connectivity index (χ1n) is 5.94. The molecule has 0 fully saturated rings. The normalized spacial score (nSPS) is 15.3. The van der Waals surface area contributed by atoms with E-state index in [9.17, 15) is 0 Å². The largest absolute Gasteiger partial charge is 0.357 e. The van der Waals surface area contributed by atoms with Gasteiger partial charge >= 0.3 is 0 Å². The molecule has 0 spiro atoms. The van der Waals surface area contributed by atoms with Gasteiger partial charge < -0.3 is 4.74 Å². The van der Waals surface area contributed by atoms with Crippen molar-refractivity contribution in [2.45, 2.75) is 47.2 Å². The fourth-order valence-electron chi connectivity index (χ4n) is 1.65. The van der Waals surface area contributed by atoms with E-state index in [1.165, 1.54) is 35.5 Å². The monoisotopic (exact) mass is 254 g/mol. The van der Waals surface area contributed by atoms with Gasteiger partial charge in [-0.05, 0) is 18.6 Å². The first kappa shape index (κ1) is 12.3. The van der Waals surface area contributed by atoms with Crippen molar-refractivity contribution in [1.29, 1.82) is 0 Å². The van der Waals surface area contributed by atoms with Gasteiger partial charge in [-0.25, -0.2) is 0 Å². The molecule has 0 aromatic heterocycles. The van der Waals surface area contributed by atoms with E-state index in [2.05, 4.69) is 31.2 Å². The Bertz CT molecular complexity index is 302. The number of thioether (sulfide) groups is 2. The summed E-state index contributed by atoms with van der Waals surface area (Å²) in [4.78, 5) is 2.73. The minimum Gasteiger partial charge on any atom is -0.357 e. The lowest BCUT2D eigenvalue weighted by Crippen LogP contribution is -2.01. The predicted molar refractivity (Wildman–Crippen MR) is 72.0 cm³/mol. The highest BCUT2D eigenvalue weighted by Crippen LogP contribution is 2.47. The molecule has 0 saturated carbocycles. The fraction of sp³-hybridized carbons (Fsp3) is 0.538. The van der Waals surface area contributed by atoms with Gasteiger partial charge in [0, 0.05) is 16.4 Å². The van der Waals surface area contributed by atoms with Crippen LogP contribution in [0.4, 0.5) is 0 Å². The fourth-order valence-corrected chi connectivity index (χ4v) is 4.18. The van der Waals surface area contributed by atoms with Gasteiger partial charge in [-0.15, -0.1) is 0 Å². The molecule has 1 nitrogen and oxygen atoms in total. The molecule has 0 saturated heterocycles. The Morgan fingerprint density at radius 2 is 1.75 bits per heavy atom. The van der Waals surface area contributed by atoms with Gasteiger partial charge in [0.15, 0.2) is 4.77 Å². The number of ether oxygens (including phenoxy) is 1. The van der Waals surface area contributed by atoms with Crippen LogP contribution in [0.25, 0.3) is 0 Å². The Morgan fingerprint density at radius 1 is 1.06 bits per heavy atom. The summed E-state index contributed by atoms with van der Waals surface area (Å²) in [7, 11) is 0. The Hall–Kier alpha value is -0.120. The standard InChI is InChI=1S/C13H18OS2/c1-2-3-4-7-10-14-13-15-11-8-5-6-9-12(11)16-13/h5-6,8-9,13H,2-4,7,10H2,1H3. The summed E-state index contributed by atoms with van der Waals surface area (Å²) in [5.41, 5.74) is 0. The van der Waals surface area contributed by atoms with Gasteiger partial charge in [-0.1, -0.05) is 61.8 Å². The van der Waals surface area contributed by atoms with Crippen molar-refractivity contribution in [3.05, 3.63) is 24.3 Å². The summed E-state index contributed by atoms with van der Waals surface area (Å²) >= 11 is 3.68. The SMILES string of the molecule is CCCCCCOC1Sc2ccccc2S1. The van der Waals surface area contributed by atoms with Crippen LogP contribution in [-0.4, -0.2) is 11.4 Å². The molecule has 2 rings (SSSR count). The smallest absolute Gasteiger partial charge is 0.158 e. The molecule has 0 bridgehead atoms. The van der Waals surface area contributed by atoms with Crippen LogP contribution < -0.4 is 0 Å². The van der Waals surface area contributed by atoms with Crippen molar-refractivity contribution in [1.82, 2.24) is 0 Å². The maximum Gasteiger partial charge on any atom is 0.158 e. The second-order valence-corrected chi connectivity index (χ2v) is 6.41. The van der Waals surface area contributed by atoms with Crippen LogP contribution >= 0.6 is 23.5 Å². The maximum atomic E-state index is 5.86. The molecule has 0 amide bonds. The third-order valence-corrected chi connectivity index (χ3v) is 5.13. The lowest BCUT2D eigenvalue weighted by molar-refractivity contribution is 0.158.